The lowest BCUT2D eigenvalue weighted by molar-refractivity contribution is -0.887. The molecule has 0 saturated carbocycles. The van der Waals surface area contributed by atoms with E-state index >= 15 is 0 Å². The Bertz CT molecular complexity index is 834. The van der Waals surface area contributed by atoms with E-state index in [4.69, 9.17) is 14.2 Å². The Morgan fingerprint density at radius 3 is 1.68 bits per heavy atom. The van der Waals surface area contributed by atoms with Gasteiger partial charge in [0.15, 0.2) is 12.1 Å². The van der Waals surface area contributed by atoms with Crippen molar-refractivity contribution in [2.75, 3.05) is 41.0 Å². The highest BCUT2D eigenvalue weighted by Gasteiger charge is 2.31. The first kappa shape index (κ1) is 44.8. The van der Waals surface area contributed by atoms with Gasteiger partial charge in [0.1, 0.15) is 6.61 Å². The molecule has 0 aromatic carbocycles. The van der Waals surface area contributed by atoms with E-state index in [1.807, 2.05) is 21.1 Å². The summed E-state index contributed by atoms with van der Waals surface area (Å²) in [6.45, 7) is 4.65. The van der Waals surface area contributed by atoms with Crippen LogP contribution in [0.4, 0.5) is 0 Å². The summed E-state index contributed by atoms with van der Waals surface area (Å²) >= 11 is 0. The number of aliphatic carboxylic acids is 1. The minimum Gasteiger partial charge on any atom is -0.477 e. The summed E-state index contributed by atoms with van der Waals surface area (Å²) in [5.74, 6) is -1.49. The monoisotopic (exact) mass is 667 g/mol. The van der Waals surface area contributed by atoms with Gasteiger partial charge in [0.25, 0.3) is 0 Å². The molecule has 0 aromatic rings. The first-order valence-corrected chi connectivity index (χ1v) is 18.9. The van der Waals surface area contributed by atoms with E-state index < -0.39 is 18.1 Å². The van der Waals surface area contributed by atoms with E-state index in [9.17, 15) is 19.5 Å². The maximum atomic E-state index is 12.6. The van der Waals surface area contributed by atoms with Crippen LogP contribution in [0.25, 0.3) is 0 Å². The molecule has 274 valence electrons. The number of unbranched alkanes of at least 4 members (excludes halogenated alkanes) is 15. The largest absolute Gasteiger partial charge is 0.477 e. The molecule has 0 spiro atoms. The lowest BCUT2D eigenvalue weighted by atomic mass is 10.1. The summed E-state index contributed by atoms with van der Waals surface area (Å²) in [4.78, 5) is 36.6. The fourth-order valence-corrected chi connectivity index (χ4v) is 5.35. The SMILES string of the molecule is CCCCC/C=C\C/C=C\CCCCCCCC(=O)OC(COCCC(C(=O)O)[N+](C)(C)C)COC(=O)CCCCCCCCCC. The standard InChI is InChI=1S/C39H71NO7/c1-6-8-10-12-14-16-17-18-19-20-21-22-24-26-28-30-38(42)47-35(33-45-32-31-36(39(43)44)40(3,4)5)34-46-37(41)29-27-25-23-15-13-11-9-7-2/h14,16,18-19,35-36H,6-13,15,17,20-34H2,1-5H3/p+1/b16-14-,19-18-. The van der Waals surface area contributed by atoms with Gasteiger partial charge < -0.3 is 23.8 Å². The van der Waals surface area contributed by atoms with E-state index in [0.717, 1.165) is 64.2 Å². The van der Waals surface area contributed by atoms with Gasteiger partial charge in [-0.05, 0) is 44.9 Å². The summed E-state index contributed by atoms with van der Waals surface area (Å²) < 4.78 is 17.1. The predicted octanol–water partition coefficient (Wildman–Crippen LogP) is 9.35. The summed E-state index contributed by atoms with van der Waals surface area (Å²) in [6, 6.07) is -0.612. The summed E-state index contributed by atoms with van der Waals surface area (Å²) in [5, 5.41) is 9.56. The van der Waals surface area contributed by atoms with E-state index in [2.05, 4.69) is 38.2 Å². The smallest absolute Gasteiger partial charge is 0.362 e. The average molecular weight is 667 g/mol. The number of rotatable bonds is 33. The van der Waals surface area contributed by atoms with Gasteiger partial charge in [-0.1, -0.05) is 115 Å². The molecule has 8 nitrogen and oxygen atoms in total. The van der Waals surface area contributed by atoms with Crippen molar-refractivity contribution >= 4 is 17.9 Å². The number of hydrogen-bond acceptors (Lipinski definition) is 6. The van der Waals surface area contributed by atoms with Gasteiger partial charge in [0.05, 0.1) is 34.4 Å². The fourth-order valence-electron chi connectivity index (χ4n) is 5.35. The zero-order valence-electron chi connectivity index (χ0n) is 31.0. The Kier molecular flexibility index (Phi) is 29.7. The highest BCUT2D eigenvalue weighted by atomic mass is 16.6. The maximum absolute atomic E-state index is 12.6. The first-order valence-electron chi connectivity index (χ1n) is 18.9. The van der Waals surface area contributed by atoms with Gasteiger partial charge in [-0.3, -0.25) is 9.59 Å². The third kappa shape index (κ3) is 29.7. The van der Waals surface area contributed by atoms with Gasteiger partial charge in [-0.15, -0.1) is 0 Å². The second kappa shape index (κ2) is 31.1. The molecular formula is C39H72NO7+. The minimum atomic E-state index is -0.878. The zero-order chi connectivity index (χ0) is 35.0. The van der Waals surface area contributed by atoms with E-state index in [1.165, 1.54) is 57.8 Å². The van der Waals surface area contributed by atoms with Crippen molar-refractivity contribution in [1.82, 2.24) is 0 Å². The lowest BCUT2D eigenvalue weighted by Gasteiger charge is -2.31. The molecule has 2 atom stereocenters. The van der Waals surface area contributed by atoms with Crippen LogP contribution in [0, 0.1) is 0 Å². The summed E-state index contributed by atoms with van der Waals surface area (Å²) in [7, 11) is 5.51. The molecule has 8 heteroatoms. The summed E-state index contributed by atoms with van der Waals surface area (Å²) in [6.07, 6.45) is 30.8. The second-order valence-corrected chi connectivity index (χ2v) is 13.8. The first-order chi connectivity index (χ1) is 22.6. The molecular weight excluding hydrogens is 594 g/mol. The number of carboxylic acid groups (broad SMARTS) is 1. The van der Waals surface area contributed by atoms with Crippen molar-refractivity contribution in [2.24, 2.45) is 0 Å². The number of quaternary nitrogens is 1. The molecule has 0 rings (SSSR count). The maximum Gasteiger partial charge on any atom is 0.362 e. The number of carbonyl (C=O) groups is 3. The van der Waals surface area contributed by atoms with Gasteiger partial charge >= 0.3 is 17.9 Å². The van der Waals surface area contributed by atoms with Crippen molar-refractivity contribution in [3.63, 3.8) is 0 Å². The van der Waals surface area contributed by atoms with Crippen molar-refractivity contribution in [3.8, 4) is 0 Å². The van der Waals surface area contributed by atoms with Crippen LogP contribution in [-0.4, -0.2) is 80.6 Å². The number of allylic oxidation sites excluding steroid dienone is 4. The van der Waals surface area contributed by atoms with Crippen LogP contribution < -0.4 is 0 Å². The second-order valence-electron chi connectivity index (χ2n) is 13.8. The quantitative estimate of drug-likeness (QED) is 0.0322. The van der Waals surface area contributed by atoms with Crippen LogP contribution in [0.1, 0.15) is 155 Å². The van der Waals surface area contributed by atoms with Crippen LogP contribution in [0.15, 0.2) is 24.3 Å². The molecule has 47 heavy (non-hydrogen) atoms. The minimum absolute atomic E-state index is 0.0541. The highest BCUT2D eigenvalue weighted by molar-refractivity contribution is 5.72. The van der Waals surface area contributed by atoms with Crippen LogP contribution in [0.2, 0.25) is 0 Å². The molecule has 0 bridgehead atoms. The van der Waals surface area contributed by atoms with Crippen LogP contribution in [0.3, 0.4) is 0 Å². The number of likely N-dealkylation sites (N-methyl/N-ethyl adjacent to an activating group) is 1. The Morgan fingerprint density at radius 2 is 1.13 bits per heavy atom. The third-order valence-electron chi connectivity index (χ3n) is 8.35. The molecule has 0 aromatic heterocycles. The number of carbonyl (C=O) groups excluding carboxylic acids is 2. The van der Waals surface area contributed by atoms with Crippen LogP contribution in [0.5, 0.6) is 0 Å². The van der Waals surface area contributed by atoms with E-state index in [-0.39, 0.29) is 36.2 Å². The molecule has 0 saturated heterocycles. The Balaban J connectivity index is 4.43. The molecule has 0 radical (unpaired) electrons. The number of nitrogens with zero attached hydrogens (tertiary/aromatic N) is 1. The number of ether oxygens (including phenoxy) is 3. The van der Waals surface area contributed by atoms with E-state index in [0.29, 0.717) is 19.3 Å². The molecule has 0 fully saturated rings. The topological polar surface area (TPSA) is 99.1 Å². The van der Waals surface area contributed by atoms with E-state index in [1.54, 1.807) is 0 Å². The van der Waals surface area contributed by atoms with Gasteiger partial charge in [0.2, 0.25) is 0 Å². The van der Waals surface area contributed by atoms with Crippen molar-refractivity contribution in [2.45, 2.75) is 167 Å². The van der Waals surface area contributed by atoms with Crippen LogP contribution in [-0.2, 0) is 28.6 Å². The zero-order valence-corrected chi connectivity index (χ0v) is 31.0. The molecule has 0 heterocycles. The number of carboxylic acids is 1. The summed E-state index contributed by atoms with van der Waals surface area (Å²) in [5.41, 5.74) is 0. The van der Waals surface area contributed by atoms with Crippen molar-refractivity contribution in [3.05, 3.63) is 24.3 Å². The molecule has 0 aliphatic heterocycles. The lowest BCUT2D eigenvalue weighted by Crippen LogP contribution is -2.50. The highest BCUT2D eigenvalue weighted by Crippen LogP contribution is 2.13. The van der Waals surface area contributed by atoms with Crippen molar-refractivity contribution in [1.29, 1.82) is 0 Å². The van der Waals surface area contributed by atoms with Gasteiger partial charge in [-0.25, -0.2) is 4.79 Å². The van der Waals surface area contributed by atoms with Crippen LogP contribution >= 0.6 is 0 Å². The molecule has 0 amide bonds. The Hall–Kier alpha value is -2.19. The normalized spacial score (nSPS) is 13.3. The Labute approximate surface area is 288 Å². The number of esters is 2. The average Bonchev–Trinajstić information content (AvgIpc) is 3.01. The third-order valence-corrected chi connectivity index (χ3v) is 8.35. The predicted molar refractivity (Wildman–Crippen MR) is 192 cm³/mol. The Morgan fingerprint density at radius 1 is 0.638 bits per heavy atom. The van der Waals surface area contributed by atoms with Gasteiger partial charge in [-0.2, -0.15) is 0 Å². The number of hydrogen-bond donors (Lipinski definition) is 1. The molecule has 0 aliphatic rings. The molecule has 2 unspecified atom stereocenters. The van der Waals surface area contributed by atoms with Gasteiger partial charge in [0, 0.05) is 19.3 Å². The van der Waals surface area contributed by atoms with Crippen molar-refractivity contribution < 1.29 is 38.2 Å². The molecule has 0 aliphatic carbocycles. The fraction of sp³-hybridized carbons (Fsp3) is 0.821. The molecule has 1 N–H and O–H groups in total.